The molecule has 5 heteroatoms. The highest BCUT2D eigenvalue weighted by molar-refractivity contribution is 7.17. The minimum Gasteiger partial charge on any atom is -0.308 e. The third-order valence-electron chi connectivity index (χ3n) is 3.61. The molecular formula is C13H19N3OS. The molecule has 0 saturated heterocycles. The van der Waals surface area contributed by atoms with Gasteiger partial charge in [-0.3, -0.25) is 4.79 Å². The fourth-order valence-electron chi connectivity index (χ4n) is 1.80. The van der Waals surface area contributed by atoms with Crippen molar-refractivity contribution in [2.45, 2.75) is 45.7 Å². The van der Waals surface area contributed by atoms with Crippen LogP contribution >= 0.6 is 11.3 Å². The Hall–Kier alpha value is -1.20. The van der Waals surface area contributed by atoms with Gasteiger partial charge in [-0.25, -0.2) is 4.98 Å². The molecule has 0 radical (unpaired) electrons. The first-order chi connectivity index (χ1) is 8.58. The van der Waals surface area contributed by atoms with Crippen LogP contribution in [0.1, 0.15) is 39.4 Å². The van der Waals surface area contributed by atoms with Crippen molar-refractivity contribution >= 4 is 21.6 Å². The summed E-state index contributed by atoms with van der Waals surface area (Å²) in [6, 6.07) is 1.89. The van der Waals surface area contributed by atoms with Crippen LogP contribution in [0, 0.1) is 0 Å². The first-order valence-corrected chi connectivity index (χ1v) is 7.17. The van der Waals surface area contributed by atoms with E-state index in [1.54, 1.807) is 0 Å². The minimum absolute atomic E-state index is 0.0403. The molecule has 0 unspecified atom stereocenters. The highest BCUT2D eigenvalue weighted by atomic mass is 32.1. The lowest BCUT2D eigenvalue weighted by atomic mass is 9.96. The van der Waals surface area contributed by atoms with Gasteiger partial charge in [-0.2, -0.15) is 0 Å². The van der Waals surface area contributed by atoms with Crippen molar-refractivity contribution in [3.63, 3.8) is 0 Å². The number of aromatic amines is 1. The second-order valence-corrected chi connectivity index (χ2v) is 5.69. The smallest absolute Gasteiger partial charge is 0.268 e. The highest BCUT2D eigenvalue weighted by Gasteiger charge is 2.18. The predicted molar refractivity (Wildman–Crippen MR) is 76.1 cm³/mol. The van der Waals surface area contributed by atoms with E-state index in [4.69, 9.17) is 0 Å². The van der Waals surface area contributed by atoms with Crippen LogP contribution in [0.2, 0.25) is 0 Å². The third kappa shape index (κ3) is 2.62. The summed E-state index contributed by atoms with van der Waals surface area (Å²) in [6.45, 7) is 7.11. The van der Waals surface area contributed by atoms with E-state index in [-0.39, 0.29) is 11.1 Å². The molecule has 2 aromatic rings. The predicted octanol–water partition coefficient (Wildman–Crippen LogP) is 2.65. The maximum absolute atomic E-state index is 11.8. The Kier molecular flexibility index (Phi) is 3.82. The Bertz CT molecular complexity index is 583. The molecule has 2 N–H and O–H groups in total. The van der Waals surface area contributed by atoms with Gasteiger partial charge >= 0.3 is 0 Å². The van der Waals surface area contributed by atoms with Gasteiger partial charge in [0.25, 0.3) is 5.56 Å². The second-order valence-electron chi connectivity index (χ2n) is 4.77. The number of H-pyrrole nitrogens is 1. The first-order valence-electron chi connectivity index (χ1n) is 6.29. The van der Waals surface area contributed by atoms with Crippen LogP contribution in [0.15, 0.2) is 16.2 Å². The number of hydrogen-bond donors (Lipinski definition) is 2. The van der Waals surface area contributed by atoms with Gasteiger partial charge in [0.2, 0.25) is 0 Å². The summed E-state index contributed by atoms with van der Waals surface area (Å²) in [5.74, 6) is 0.707. The zero-order valence-corrected chi connectivity index (χ0v) is 11.9. The van der Waals surface area contributed by atoms with Gasteiger partial charge in [0, 0.05) is 5.54 Å². The van der Waals surface area contributed by atoms with Gasteiger partial charge in [0.1, 0.15) is 10.5 Å². The van der Waals surface area contributed by atoms with Crippen molar-refractivity contribution in [2.24, 2.45) is 0 Å². The van der Waals surface area contributed by atoms with E-state index in [2.05, 4.69) is 36.1 Å². The normalized spacial score (nSPS) is 12.2. The maximum Gasteiger partial charge on any atom is 0.268 e. The lowest BCUT2D eigenvalue weighted by molar-refractivity contribution is 0.326. The highest BCUT2D eigenvalue weighted by Crippen LogP contribution is 2.16. The molecule has 0 aliphatic rings. The van der Waals surface area contributed by atoms with Crippen molar-refractivity contribution in [3.05, 3.63) is 27.6 Å². The van der Waals surface area contributed by atoms with Crippen molar-refractivity contribution < 1.29 is 0 Å². The van der Waals surface area contributed by atoms with Gasteiger partial charge in [0.15, 0.2) is 0 Å². The molecule has 0 atom stereocenters. The fraction of sp³-hybridized carbons (Fsp3) is 0.538. The van der Waals surface area contributed by atoms with Crippen molar-refractivity contribution in [3.8, 4) is 0 Å². The Morgan fingerprint density at radius 1 is 1.44 bits per heavy atom. The third-order valence-corrected chi connectivity index (χ3v) is 4.51. The average molecular weight is 265 g/mol. The second kappa shape index (κ2) is 5.20. The summed E-state index contributed by atoms with van der Waals surface area (Å²) in [6.07, 6.45) is 2.10. The van der Waals surface area contributed by atoms with E-state index in [9.17, 15) is 4.79 Å². The number of nitrogens with zero attached hydrogens (tertiary/aromatic N) is 1. The molecule has 0 aliphatic carbocycles. The standard InChI is InChI=1S/C13H19N3OS/c1-4-13(3,5-2)14-8-10-15-9-6-7-18-11(9)12(17)16-10/h6-7,14H,4-5,8H2,1-3H3,(H,15,16,17). The van der Waals surface area contributed by atoms with E-state index in [0.29, 0.717) is 17.1 Å². The average Bonchev–Trinajstić information content (AvgIpc) is 2.85. The van der Waals surface area contributed by atoms with Crippen LogP contribution in [-0.2, 0) is 6.54 Å². The molecule has 0 aliphatic heterocycles. The number of thiophene rings is 1. The molecule has 2 aromatic heterocycles. The Morgan fingerprint density at radius 3 is 2.83 bits per heavy atom. The monoisotopic (exact) mass is 265 g/mol. The van der Waals surface area contributed by atoms with Crippen LogP contribution < -0.4 is 10.9 Å². The molecule has 0 bridgehead atoms. The van der Waals surface area contributed by atoms with E-state index < -0.39 is 0 Å². The van der Waals surface area contributed by atoms with Crippen molar-refractivity contribution in [1.29, 1.82) is 0 Å². The topological polar surface area (TPSA) is 57.8 Å². The Morgan fingerprint density at radius 2 is 2.17 bits per heavy atom. The molecule has 0 fully saturated rings. The summed E-state index contributed by atoms with van der Waals surface area (Å²) in [4.78, 5) is 19.1. The molecular weight excluding hydrogens is 246 g/mol. The van der Waals surface area contributed by atoms with Crippen LogP contribution in [0.3, 0.4) is 0 Å². The molecule has 18 heavy (non-hydrogen) atoms. The zero-order chi connectivity index (χ0) is 13.2. The number of fused-ring (bicyclic) bond motifs is 1. The molecule has 2 heterocycles. The van der Waals surface area contributed by atoms with Crippen LogP contribution in [0.25, 0.3) is 10.2 Å². The largest absolute Gasteiger partial charge is 0.308 e. The first kappa shape index (κ1) is 13.2. The number of aromatic nitrogens is 2. The van der Waals surface area contributed by atoms with E-state index in [1.807, 2.05) is 11.4 Å². The van der Waals surface area contributed by atoms with Gasteiger partial charge < -0.3 is 10.3 Å². The lowest BCUT2D eigenvalue weighted by Gasteiger charge is -2.28. The van der Waals surface area contributed by atoms with E-state index in [1.165, 1.54) is 11.3 Å². The molecule has 98 valence electrons. The molecule has 0 amide bonds. The van der Waals surface area contributed by atoms with E-state index >= 15 is 0 Å². The summed E-state index contributed by atoms with van der Waals surface area (Å²) < 4.78 is 0.701. The zero-order valence-electron chi connectivity index (χ0n) is 11.0. The number of rotatable bonds is 5. The van der Waals surface area contributed by atoms with Crippen LogP contribution in [0.5, 0.6) is 0 Å². The fourth-order valence-corrected chi connectivity index (χ4v) is 2.53. The Balaban J connectivity index is 2.20. The minimum atomic E-state index is -0.0403. The van der Waals surface area contributed by atoms with Crippen LogP contribution in [-0.4, -0.2) is 15.5 Å². The summed E-state index contributed by atoms with van der Waals surface area (Å²) in [5.41, 5.74) is 0.846. The van der Waals surface area contributed by atoms with Crippen molar-refractivity contribution in [2.75, 3.05) is 0 Å². The van der Waals surface area contributed by atoms with Gasteiger partial charge in [-0.05, 0) is 31.2 Å². The molecule has 0 spiro atoms. The Labute approximate surface area is 110 Å². The summed E-state index contributed by atoms with van der Waals surface area (Å²) in [5, 5.41) is 5.36. The van der Waals surface area contributed by atoms with Gasteiger partial charge in [-0.15, -0.1) is 11.3 Å². The SMILES string of the molecule is CCC(C)(CC)NCc1nc2ccsc2c(=O)[nH]1. The van der Waals surface area contributed by atoms with Crippen molar-refractivity contribution in [1.82, 2.24) is 15.3 Å². The maximum atomic E-state index is 11.8. The lowest BCUT2D eigenvalue weighted by Crippen LogP contribution is -2.41. The number of hydrogen-bond acceptors (Lipinski definition) is 4. The molecule has 0 saturated carbocycles. The van der Waals surface area contributed by atoms with Gasteiger partial charge in [0.05, 0.1) is 12.1 Å². The molecule has 2 rings (SSSR count). The quantitative estimate of drug-likeness (QED) is 0.873. The number of nitrogens with one attached hydrogen (secondary N) is 2. The molecule has 4 nitrogen and oxygen atoms in total. The molecule has 0 aromatic carbocycles. The van der Waals surface area contributed by atoms with E-state index in [0.717, 1.165) is 18.4 Å². The summed E-state index contributed by atoms with van der Waals surface area (Å²) in [7, 11) is 0. The van der Waals surface area contributed by atoms with Crippen LogP contribution in [0.4, 0.5) is 0 Å². The summed E-state index contributed by atoms with van der Waals surface area (Å²) >= 11 is 1.43. The van der Waals surface area contributed by atoms with Gasteiger partial charge in [-0.1, -0.05) is 13.8 Å².